The number of anilines is 2. The average Bonchev–Trinajstić information content (AvgIpc) is 2.70. The highest BCUT2D eigenvalue weighted by Crippen LogP contribution is 2.09. The molecule has 84 valence electrons. The fourth-order valence-corrected chi connectivity index (χ4v) is 1.49. The van der Waals surface area contributed by atoms with E-state index in [0.29, 0.717) is 0 Å². The van der Waals surface area contributed by atoms with E-state index >= 15 is 0 Å². The van der Waals surface area contributed by atoms with Gasteiger partial charge in [-0.05, 0) is 25.1 Å². The molecule has 0 aliphatic carbocycles. The van der Waals surface area contributed by atoms with Crippen molar-refractivity contribution in [2.45, 2.75) is 19.4 Å². The molecular formula is C11H14N4O. The maximum atomic E-state index is 5.49. The topological polar surface area (TPSA) is 77.0 Å². The van der Waals surface area contributed by atoms with Gasteiger partial charge in [-0.3, -0.25) is 0 Å². The van der Waals surface area contributed by atoms with Crippen LogP contribution in [-0.2, 0) is 6.42 Å². The van der Waals surface area contributed by atoms with E-state index in [4.69, 9.17) is 10.2 Å². The largest absolute Gasteiger partial charge is 0.469 e. The fraction of sp³-hybridized carbons (Fsp3) is 0.273. The van der Waals surface area contributed by atoms with Gasteiger partial charge in [0, 0.05) is 18.7 Å². The van der Waals surface area contributed by atoms with Crippen LogP contribution in [0.3, 0.4) is 0 Å². The van der Waals surface area contributed by atoms with Gasteiger partial charge < -0.3 is 15.5 Å². The Labute approximate surface area is 93.7 Å². The first-order valence-corrected chi connectivity index (χ1v) is 5.11. The Kier molecular flexibility index (Phi) is 3.05. The highest BCUT2D eigenvalue weighted by atomic mass is 16.3. The summed E-state index contributed by atoms with van der Waals surface area (Å²) in [6.07, 6.45) is 4.10. The molecule has 2 aromatic heterocycles. The molecule has 3 N–H and O–H groups in total. The van der Waals surface area contributed by atoms with E-state index in [1.54, 1.807) is 18.5 Å². The van der Waals surface area contributed by atoms with Crippen LogP contribution in [0.4, 0.5) is 11.8 Å². The normalized spacial score (nSPS) is 12.3. The van der Waals surface area contributed by atoms with Crippen LogP contribution in [0.1, 0.15) is 12.7 Å². The van der Waals surface area contributed by atoms with Crippen molar-refractivity contribution in [3.8, 4) is 0 Å². The van der Waals surface area contributed by atoms with Crippen molar-refractivity contribution in [3.63, 3.8) is 0 Å². The minimum atomic E-state index is 0.223. The van der Waals surface area contributed by atoms with Gasteiger partial charge in [-0.15, -0.1) is 0 Å². The summed E-state index contributed by atoms with van der Waals surface area (Å²) in [5.41, 5.74) is 5.49. The first-order valence-electron chi connectivity index (χ1n) is 5.11. The second-order valence-corrected chi connectivity index (χ2v) is 3.63. The van der Waals surface area contributed by atoms with E-state index < -0.39 is 0 Å². The van der Waals surface area contributed by atoms with Crippen LogP contribution in [0, 0.1) is 0 Å². The summed E-state index contributed by atoms with van der Waals surface area (Å²) in [7, 11) is 0. The highest BCUT2D eigenvalue weighted by Gasteiger charge is 2.06. The number of aromatic nitrogens is 2. The molecular weight excluding hydrogens is 204 g/mol. The van der Waals surface area contributed by atoms with E-state index in [0.717, 1.165) is 18.0 Å². The molecule has 2 heterocycles. The summed E-state index contributed by atoms with van der Waals surface area (Å²) in [6.45, 7) is 2.06. The Morgan fingerprint density at radius 2 is 2.38 bits per heavy atom. The lowest BCUT2D eigenvalue weighted by molar-refractivity contribution is 0.497. The maximum absolute atomic E-state index is 5.49. The zero-order valence-electron chi connectivity index (χ0n) is 9.05. The van der Waals surface area contributed by atoms with Crippen molar-refractivity contribution in [2.24, 2.45) is 0 Å². The molecule has 1 atom stereocenters. The monoisotopic (exact) mass is 218 g/mol. The van der Waals surface area contributed by atoms with Gasteiger partial charge in [-0.25, -0.2) is 4.98 Å². The summed E-state index contributed by atoms with van der Waals surface area (Å²) in [5, 5.41) is 3.23. The minimum absolute atomic E-state index is 0.223. The molecule has 0 amide bonds. The number of nitrogen functional groups attached to an aromatic ring is 1. The molecule has 5 heteroatoms. The Hall–Kier alpha value is -2.04. The standard InChI is InChI=1S/C11H14N4O/c1-8(7-9-3-2-6-16-9)14-10-4-5-13-11(12)15-10/h2-6,8H,7H2,1H3,(H3,12,13,14,15). The first kappa shape index (κ1) is 10.5. The Morgan fingerprint density at radius 1 is 1.50 bits per heavy atom. The maximum Gasteiger partial charge on any atom is 0.221 e. The highest BCUT2D eigenvalue weighted by molar-refractivity contribution is 5.38. The van der Waals surface area contributed by atoms with E-state index in [1.807, 2.05) is 12.1 Å². The summed E-state index contributed by atoms with van der Waals surface area (Å²) >= 11 is 0. The SMILES string of the molecule is CC(Cc1ccco1)Nc1ccnc(N)n1. The molecule has 5 nitrogen and oxygen atoms in total. The quantitative estimate of drug-likeness (QED) is 0.816. The number of nitrogens with zero attached hydrogens (tertiary/aromatic N) is 2. The van der Waals surface area contributed by atoms with Crippen LogP contribution in [-0.4, -0.2) is 16.0 Å². The average molecular weight is 218 g/mol. The van der Waals surface area contributed by atoms with Crippen LogP contribution in [0.5, 0.6) is 0 Å². The molecule has 0 aliphatic heterocycles. The molecule has 2 aromatic rings. The predicted octanol–water partition coefficient (Wildman–Crippen LogP) is 1.69. The lowest BCUT2D eigenvalue weighted by Crippen LogP contribution is -2.18. The van der Waals surface area contributed by atoms with Gasteiger partial charge in [-0.2, -0.15) is 4.98 Å². The molecule has 0 aromatic carbocycles. The molecule has 0 spiro atoms. The van der Waals surface area contributed by atoms with E-state index in [9.17, 15) is 0 Å². The van der Waals surface area contributed by atoms with Crippen LogP contribution in [0.2, 0.25) is 0 Å². The van der Waals surface area contributed by atoms with Crippen LogP contribution in [0.15, 0.2) is 35.1 Å². The van der Waals surface area contributed by atoms with E-state index in [2.05, 4.69) is 22.2 Å². The van der Waals surface area contributed by atoms with Crippen molar-refractivity contribution in [1.82, 2.24) is 9.97 Å². The van der Waals surface area contributed by atoms with Gasteiger partial charge in [0.15, 0.2) is 0 Å². The third-order valence-corrected chi connectivity index (χ3v) is 2.16. The number of hydrogen-bond donors (Lipinski definition) is 2. The molecule has 0 bridgehead atoms. The van der Waals surface area contributed by atoms with Crippen molar-refractivity contribution in [1.29, 1.82) is 0 Å². The van der Waals surface area contributed by atoms with Gasteiger partial charge in [-0.1, -0.05) is 0 Å². The zero-order chi connectivity index (χ0) is 11.4. The Bertz CT molecular complexity index is 441. The fourth-order valence-electron chi connectivity index (χ4n) is 1.49. The Morgan fingerprint density at radius 3 is 3.06 bits per heavy atom. The van der Waals surface area contributed by atoms with E-state index in [-0.39, 0.29) is 12.0 Å². The number of rotatable bonds is 4. The number of hydrogen-bond acceptors (Lipinski definition) is 5. The second kappa shape index (κ2) is 4.65. The van der Waals surface area contributed by atoms with Crippen LogP contribution < -0.4 is 11.1 Å². The van der Waals surface area contributed by atoms with Gasteiger partial charge >= 0.3 is 0 Å². The predicted molar refractivity (Wildman–Crippen MR) is 61.9 cm³/mol. The molecule has 0 fully saturated rings. The molecule has 0 saturated heterocycles. The lowest BCUT2D eigenvalue weighted by Gasteiger charge is -2.12. The number of nitrogens with two attached hydrogens (primary N) is 1. The molecule has 0 saturated carbocycles. The van der Waals surface area contributed by atoms with Gasteiger partial charge in [0.05, 0.1) is 6.26 Å². The van der Waals surface area contributed by atoms with Crippen molar-refractivity contribution >= 4 is 11.8 Å². The number of nitrogens with one attached hydrogen (secondary N) is 1. The van der Waals surface area contributed by atoms with E-state index in [1.165, 1.54) is 0 Å². The third kappa shape index (κ3) is 2.73. The zero-order valence-corrected chi connectivity index (χ0v) is 9.05. The van der Waals surface area contributed by atoms with Crippen molar-refractivity contribution < 1.29 is 4.42 Å². The Balaban J connectivity index is 1.94. The first-order chi connectivity index (χ1) is 7.74. The summed E-state index contributed by atoms with van der Waals surface area (Å²) < 4.78 is 5.27. The molecule has 1 unspecified atom stereocenters. The number of furan rings is 1. The van der Waals surface area contributed by atoms with Gasteiger partial charge in [0.2, 0.25) is 5.95 Å². The van der Waals surface area contributed by atoms with Crippen molar-refractivity contribution in [3.05, 3.63) is 36.4 Å². The molecule has 0 aliphatic rings. The molecule has 2 rings (SSSR count). The van der Waals surface area contributed by atoms with Gasteiger partial charge in [0.25, 0.3) is 0 Å². The van der Waals surface area contributed by atoms with Crippen LogP contribution in [0.25, 0.3) is 0 Å². The second-order valence-electron chi connectivity index (χ2n) is 3.63. The van der Waals surface area contributed by atoms with Crippen molar-refractivity contribution in [2.75, 3.05) is 11.1 Å². The third-order valence-electron chi connectivity index (χ3n) is 2.16. The molecule has 0 radical (unpaired) electrons. The van der Waals surface area contributed by atoms with Gasteiger partial charge in [0.1, 0.15) is 11.6 Å². The smallest absolute Gasteiger partial charge is 0.221 e. The minimum Gasteiger partial charge on any atom is -0.469 e. The van der Waals surface area contributed by atoms with Crippen LogP contribution >= 0.6 is 0 Å². The lowest BCUT2D eigenvalue weighted by atomic mass is 10.2. The summed E-state index contributed by atoms with van der Waals surface area (Å²) in [4.78, 5) is 7.90. The summed E-state index contributed by atoms with van der Waals surface area (Å²) in [6, 6.07) is 5.84. The summed E-state index contributed by atoms with van der Waals surface area (Å²) in [5.74, 6) is 1.95. The molecule has 16 heavy (non-hydrogen) atoms.